The third-order valence-corrected chi connectivity index (χ3v) is 6.39. The van der Waals surface area contributed by atoms with E-state index in [4.69, 9.17) is 14.2 Å². The van der Waals surface area contributed by atoms with Crippen molar-refractivity contribution in [3.63, 3.8) is 0 Å². The highest BCUT2D eigenvalue weighted by atomic mass is 16.7. The Morgan fingerprint density at radius 1 is 1.30 bits per heavy atom. The highest BCUT2D eigenvalue weighted by Crippen LogP contribution is 2.75. The third kappa shape index (κ3) is 0.954. The molecule has 5 nitrogen and oxygen atoms in total. The van der Waals surface area contributed by atoms with Crippen LogP contribution in [0.2, 0.25) is 0 Å². The summed E-state index contributed by atoms with van der Waals surface area (Å²) in [6.07, 6.45) is 1.01. The average molecular weight is 278 g/mol. The molecule has 3 aliphatic heterocycles. The van der Waals surface area contributed by atoms with Crippen LogP contribution in [0.25, 0.3) is 0 Å². The van der Waals surface area contributed by atoms with Gasteiger partial charge in [0.15, 0.2) is 0 Å². The topological polar surface area (TPSA) is 71.6 Å². The summed E-state index contributed by atoms with van der Waals surface area (Å²) < 4.78 is 17.4. The minimum atomic E-state index is -0.904. The minimum absolute atomic E-state index is 0.0250. The van der Waals surface area contributed by atoms with Gasteiger partial charge in [0.05, 0.1) is 11.5 Å². The van der Waals surface area contributed by atoms with E-state index < -0.39 is 11.2 Å². The second kappa shape index (κ2) is 2.85. The van der Waals surface area contributed by atoms with Gasteiger partial charge < -0.3 is 19.3 Å². The number of esters is 1. The number of carbonyl (C=O) groups is 1. The van der Waals surface area contributed by atoms with E-state index in [0.717, 1.165) is 0 Å². The first-order valence-corrected chi connectivity index (χ1v) is 7.31. The van der Waals surface area contributed by atoms with Crippen LogP contribution in [0.15, 0.2) is 12.2 Å². The molecule has 0 aromatic heterocycles. The summed E-state index contributed by atoms with van der Waals surface area (Å²) in [6, 6.07) is 0. The molecule has 2 aliphatic carbocycles. The molecular formula is C15H18O5. The fourth-order valence-electron chi connectivity index (χ4n) is 5.23. The van der Waals surface area contributed by atoms with Crippen molar-refractivity contribution in [3.05, 3.63) is 12.2 Å². The van der Waals surface area contributed by atoms with Gasteiger partial charge >= 0.3 is 5.97 Å². The Morgan fingerprint density at radius 3 is 2.80 bits per heavy atom. The van der Waals surface area contributed by atoms with Crippen LogP contribution in [0.1, 0.15) is 26.7 Å². The normalized spacial score (nSPS) is 65.7. The SMILES string of the molecule is C=C1C(=O)O[C@H]2[C@H]1CCC(C)(O)[C@@]13O[C@@H]1[C@@H]1O[C@]1(C)[C@H]23. The van der Waals surface area contributed by atoms with E-state index in [9.17, 15) is 9.90 Å². The van der Waals surface area contributed by atoms with Crippen molar-refractivity contribution in [1.82, 2.24) is 0 Å². The van der Waals surface area contributed by atoms with Crippen molar-refractivity contribution in [3.8, 4) is 0 Å². The molecule has 1 unspecified atom stereocenters. The van der Waals surface area contributed by atoms with Gasteiger partial charge in [-0.25, -0.2) is 4.79 Å². The highest BCUT2D eigenvalue weighted by molar-refractivity contribution is 5.91. The lowest BCUT2D eigenvalue weighted by molar-refractivity contribution is -0.147. The van der Waals surface area contributed by atoms with Gasteiger partial charge in [0.2, 0.25) is 0 Å². The Balaban J connectivity index is 1.67. The Hall–Kier alpha value is -0.910. The molecule has 5 heteroatoms. The first-order valence-electron chi connectivity index (χ1n) is 7.31. The zero-order valence-electron chi connectivity index (χ0n) is 11.6. The van der Waals surface area contributed by atoms with E-state index in [0.29, 0.717) is 18.4 Å². The number of ether oxygens (including phenoxy) is 3. The minimum Gasteiger partial charge on any atom is -0.458 e. The van der Waals surface area contributed by atoms with E-state index in [1.54, 1.807) is 0 Å². The van der Waals surface area contributed by atoms with Crippen LogP contribution in [0.3, 0.4) is 0 Å². The van der Waals surface area contributed by atoms with Crippen molar-refractivity contribution in [2.75, 3.05) is 0 Å². The molecule has 0 amide bonds. The summed E-state index contributed by atoms with van der Waals surface area (Å²) in [6.45, 7) is 7.78. The van der Waals surface area contributed by atoms with Crippen molar-refractivity contribution in [2.45, 2.75) is 61.8 Å². The van der Waals surface area contributed by atoms with Gasteiger partial charge in [-0.2, -0.15) is 0 Å². The Kier molecular flexibility index (Phi) is 1.67. The molecule has 5 aliphatic rings. The van der Waals surface area contributed by atoms with E-state index in [-0.39, 0.29) is 41.7 Å². The van der Waals surface area contributed by atoms with Gasteiger partial charge in [0.25, 0.3) is 0 Å². The summed E-state index contributed by atoms with van der Waals surface area (Å²) >= 11 is 0. The monoisotopic (exact) mass is 278 g/mol. The largest absolute Gasteiger partial charge is 0.458 e. The van der Waals surface area contributed by atoms with Gasteiger partial charge in [0.1, 0.15) is 29.5 Å². The molecule has 5 fully saturated rings. The number of hydrogen-bond acceptors (Lipinski definition) is 5. The third-order valence-electron chi connectivity index (χ3n) is 6.39. The van der Waals surface area contributed by atoms with Crippen LogP contribution in [-0.4, -0.2) is 46.2 Å². The average Bonchev–Trinajstić information content (AvgIpc) is 3.21. The predicted molar refractivity (Wildman–Crippen MR) is 66.7 cm³/mol. The molecular weight excluding hydrogens is 260 g/mol. The number of hydrogen-bond donors (Lipinski definition) is 1. The smallest absolute Gasteiger partial charge is 0.334 e. The second-order valence-corrected chi connectivity index (χ2v) is 7.35. The number of epoxide rings is 2. The molecule has 3 heterocycles. The van der Waals surface area contributed by atoms with Gasteiger partial charge in [-0.3, -0.25) is 0 Å². The fourth-order valence-corrected chi connectivity index (χ4v) is 5.23. The zero-order chi connectivity index (χ0) is 14.1. The summed E-state index contributed by atoms with van der Waals surface area (Å²) in [4.78, 5) is 11.9. The lowest BCUT2D eigenvalue weighted by Crippen LogP contribution is -2.53. The molecule has 1 N–H and O–H groups in total. The fraction of sp³-hybridized carbons (Fsp3) is 0.800. The standard InChI is InChI=1S/C15H18O5/c1-6-7-4-5-13(2,17)15-9(8(7)18-12(6)16)14(3)10(19-14)11(15)20-15/h7-11,17H,1,4-5H2,2-3H3/t7-,8-,9-,10-,11+,13?,14+,15-/m0/s1. The Morgan fingerprint density at radius 2 is 2.05 bits per heavy atom. The number of carbonyl (C=O) groups excluding carboxylic acids is 1. The molecule has 108 valence electrons. The van der Waals surface area contributed by atoms with Crippen LogP contribution in [0.4, 0.5) is 0 Å². The number of rotatable bonds is 0. The molecule has 2 saturated carbocycles. The van der Waals surface area contributed by atoms with E-state index in [1.165, 1.54) is 0 Å². The number of fused-ring (bicyclic) bond motifs is 5. The molecule has 5 rings (SSSR count). The van der Waals surface area contributed by atoms with Gasteiger partial charge in [-0.1, -0.05) is 6.58 Å². The number of aliphatic hydroxyl groups is 1. The maximum absolute atomic E-state index is 11.9. The van der Waals surface area contributed by atoms with Crippen LogP contribution < -0.4 is 0 Å². The Labute approximate surface area is 116 Å². The second-order valence-electron chi connectivity index (χ2n) is 7.35. The molecule has 0 aromatic carbocycles. The molecule has 20 heavy (non-hydrogen) atoms. The maximum atomic E-state index is 11.9. The van der Waals surface area contributed by atoms with Crippen molar-refractivity contribution >= 4 is 5.97 Å². The van der Waals surface area contributed by atoms with Gasteiger partial charge in [-0.15, -0.1) is 0 Å². The molecule has 3 saturated heterocycles. The highest BCUT2D eigenvalue weighted by Gasteiger charge is 2.92. The van der Waals surface area contributed by atoms with Crippen LogP contribution in [-0.2, 0) is 19.0 Å². The summed E-state index contributed by atoms with van der Waals surface area (Å²) in [5.41, 5.74) is -1.30. The first-order chi connectivity index (χ1) is 9.33. The van der Waals surface area contributed by atoms with Crippen LogP contribution in [0, 0.1) is 11.8 Å². The lowest BCUT2D eigenvalue weighted by Gasteiger charge is -2.36. The lowest BCUT2D eigenvalue weighted by atomic mass is 9.74. The predicted octanol–water partition coefficient (Wildman–Crippen LogP) is 0.554. The van der Waals surface area contributed by atoms with Gasteiger partial charge in [-0.05, 0) is 26.7 Å². The van der Waals surface area contributed by atoms with Gasteiger partial charge in [0, 0.05) is 11.5 Å². The first kappa shape index (κ1) is 11.7. The van der Waals surface area contributed by atoms with E-state index in [1.807, 2.05) is 13.8 Å². The van der Waals surface area contributed by atoms with Crippen molar-refractivity contribution in [1.29, 1.82) is 0 Å². The zero-order valence-corrected chi connectivity index (χ0v) is 11.6. The van der Waals surface area contributed by atoms with Crippen LogP contribution >= 0.6 is 0 Å². The molecule has 0 bridgehead atoms. The Bertz CT molecular complexity index is 569. The van der Waals surface area contributed by atoms with Crippen LogP contribution in [0.5, 0.6) is 0 Å². The van der Waals surface area contributed by atoms with Crippen molar-refractivity contribution < 1.29 is 24.1 Å². The summed E-state index contributed by atoms with van der Waals surface area (Å²) in [5.74, 6) is -0.430. The van der Waals surface area contributed by atoms with Crippen molar-refractivity contribution in [2.24, 2.45) is 11.8 Å². The maximum Gasteiger partial charge on any atom is 0.334 e. The molecule has 0 radical (unpaired) electrons. The molecule has 0 aromatic rings. The quantitative estimate of drug-likeness (QED) is 0.398. The molecule has 1 spiro atoms. The van der Waals surface area contributed by atoms with E-state index in [2.05, 4.69) is 6.58 Å². The summed E-state index contributed by atoms with van der Waals surface area (Å²) in [5, 5.41) is 10.9. The molecule has 8 atom stereocenters. The summed E-state index contributed by atoms with van der Waals surface area (Å²) in [7, 11) is 0. The van der Waals surface area contributed by atoms with E-state index >= 15 is 0 Å².